The van der Waals surface area contributed by atoms with E-state index in [4.69, 9.17) is 0 Å². The summed E-state index contributed by atoms with van der Waals surface area (Å²) < 4.78 is 27.5. The standard InChI is InChI=1S/C11H18BrNO2S2/c1-4-9(3)8-13(5-2)17(14,15)11-7-6-10(12)16-11/h6-7,9H,4-5,8H2,1-3H3. The van der Waals surface area contributed by atoms with Gasteiger partial charge in [-0.25, -0.2) is 8.42 Å². The van der Waals surface area contributed by atoms with Crippen LogP contribution < -0.4 is 0 Å². The van der Waals surface area contributed by atoms with E-state index in [1.807, 2.05) is 6.92 Å². The van der Waals surface area contributed by atoms with Gasteiger partial charge in [0.25, 0.3) is 10.0 Å². The molecule has 1 aromatic heterocycles. The van der Waals surface area contributed by atoms with E-state index in [9.17, 15) is 8.42 Å². The molecule has 1 atom stereocenters. The number of hydrogen-bond acceptors (Lipinski definition) is 3. The third kappa shape index (κ3) is 3.77. The molecule has 1 rings (SSSR count). The lowest BCUT2D eigenvalue weighted by molar-refractivity contribution is 0.362. The zero-order chi connectivity index (χ0) is 13.1. The maximum atomic E-state index is 12.3. The van der Waals surface area contributed by atoms with E-state index >= 15 is 0 Å². The quantitative estimate of drug-likeness (QED) is 0.794. The van der Waals surface area contributed by atoms with Crippen LogP contribution in [0.3, 0.4) is 0 Å². The highest BCUT2D eigenvalue weighted by atomic mass is 79.9. The van der Waals surface area contributed by atoms with Gasteiger partial charge in [-0.05, 0) is 34.0 Å². The predicted molar refractivity (Wildman–Crippen MR) is 75.9 cm³/mol. The summed E-state index contributed by atoms with van der Waals surface area (Å²) in [5, 5.41) is 0. The van der Waals surface area contributed by atoms with Gasteiger partial charge in [-0.15, -0.1) is 11.3 Å². The van der Waals surface area contributed by atoms with E-state index in [2.05, 4.69) is 29.8 Å². The summed E-state index contributed by atoms with van der Waals surface area (Å²) in [5.74, 6) is 0.383. The number of sulfonamides is 1. The highest BCUT2D eigenvalue weighted by molar-refractivity contribution is 9.11. The van der Waals surface area contributed by atoms with Crippen LogP contribution in [-0.2, 0) is 10.0 Å². The van der Waals surface area contributed by atoms with Gasteiger partial charge >= 0.3 is 0 Å². The van der Waals surface area contributed by atoms with E-state index < -0.39 is 10.0 Å². The first-order chi connectivity index (χ1) is 7.91. The topological polar surface area (TPSA) is 37.4 Å². The van der Waals surface area contributed by atoms with Gasteiger partial charge in [-0.3, -0.25) is 0 Å². The molecular formula is C11H18BrNO2S2. The van der Waals surface area contributed by atoms with Crippen LogP contribution in [0.25, 0.3) is 0 Å². The minimum Gasteiger partial charge on any atom is -0.206 e. The molecule has 0 radical (unpaired) electrons. The molecule has 3 nitrogen and oxygen atoms in total. The normalized spacial score (nSPS) is 14.2. The van der Waals surface area contributed by atoms with Crippen molar-refractivity contribution < 1.29 is 8.42 Å². The molecule has 0 fully saturated rings. The third-order valence-electron chi connectivity index (χ3n) is 2.71. The first-order valence-corrected chi connectivity index (χ1v) is 8.72. The van der Waals surface area contributed by atoms with Crippen molar-refractivity contribution in [3.05, 3.63) is 15.9 Å². The smallest absolute Gasteiger partial charge is 0.206 e. The highest BCUT2D eigenvalue weighted by Gasteiger charge is 2.25. The molecule has 0 spiro atoms. The molecular weight excluding hydrogens is 322 g/mol. The Morgan fingerprint density at radius 1 is 1.41 bits per heavy atom. The van der Waals surface area contributed by atoms with Gasteiger partial charge < -0.3 is 0 Å². The van der Waals surface area contributed by atoms with Gasteiger partial charge in [0.05, 0.1) is 3.79 Å². The van der Waals surface area contributed by atoms with Gasteiger partial charge in [-0.2, -0.15) is 4.31 Å². The van der Waals surface area contributed by atoms with Crippen LogP contribution in [-0.4, -0.2) is 25.8 Å². The molecule has 1 aromatic rings. The Morgan fingerprint density at radius 3 is 2.47 bits per heavy atom. The monoisotopic (exact) mass is 339 g/mol. The zero-order valence-electron chi connectivity index (χ0n) is 10.3. The van der Waals surface area contributed by atoms with Crippen molar-refractivity contribution in [1.82, 2.24) is 4.31 Å². The zero-order valence-corrected chi connectivity index (χ0v) is 13.5. The fourth-order valence-corrected chi connectivity index (χ4v) is 5.17. The lowest BCUT2D eigenvalue weighted by Crippen LogP contribution is -2.34. The van der Waals surface area contributed by atoms with Crippen molar-refractivity contribution in [3.63, 3.8) is 0 Å². The first-order valence-electron chi connectivity index (χ1n) is 5.67. The lowest BCUT2D eigenvalue weighted by atomic mass is 10.1. The molecule has 98 valence electrons. The molecule has 0 aliphatic rings. The van der Waals surface area contributed by atoms with E-state index in [1.54, 1.807) is 16.4 Å². The molecule has 0 aliphatic carbocycles. The van der Waals surface area contributed by atoms with Gasteiger partial charge in [0, 0.05) is 13.1 Å². The largest absolute Gasteiger partial charge is 0.252 e. The van der Waals surface area contributed by atoms with Gasteiger partial charge in [0.15, 0.2) is 0 Å². The van der Waals surface area contributed by atoms with Crippen LogP contribution in [0, 0.1) is 5.92 Å². The molecule has 0 amide bonds. The summed E-state index contributed by atoms with van der Waals surface area (Å²) in [5.41, 5.74) is 0. The fraction of sp³-hybridized carbons (Fsp3) is 0.636. The Labute approximate surface area is 116 Å². The van der Waals surface area contributed by atoms with E-state index in [1.165, 1.54) is 11.3 Å². The molecule has 0 saturated heterocycles. The van der Waals surface area contributed by atoms with Gasteiger partial charge in [-0.1, -0.05) is 27.2 Å². The Balaban J connectivity index is 2.94. The van der Waals surface area contributed by atoms with Crippen LogP contribution >= 0.6 is 27.3 Å². The van der Waals surface area contributed by atoms with E-state index in [0.717, 1.165) is 10.2 Å². The Kier molecular flexibility index (Phi) is 5.63. The van der Waals surface area contributed by atoms with Gasteiger partial charge in [0.1, 0.15) is 4.21 Å². The molecule has 0 N–H and O–H groups in total. The molecule has 17 heavy (non-hydrogen) atoms. The van der Waals surface area contributed by atoms with E-state index in [-0.39, 0.29) is 0 Å². The third-order valence-corrected chi connectivity index (χ3v) is 6.74. The summed E-state index contributed by atoms with van der Waals surface area (Å²) >= 11 is 4.56. The number of nitrogens with zero attached hydrogens (tertiary/aromatic N) is 1. The maximum Gasteiger partial charge on any atom is 0.252 e. The Bertz CT molecular complexity index is 456. The van der Waals surface area contributed by atoms with Crippen molar-refractivity contribution in [3.8, 4) is 0 Å². The Morgan fingerprint density at radius 2 is 2.06 bits per heavy atom. The lowest BCUT2D eigenvalue weighted by Gasteiger charge is -2.22. The van der Waals surface area contributed by atoms with Crippen LogP contribution in [0.2, 0.25) is 0 Å². The van der Waals surface area contributed by atoms with Crippen molar-refractivity contribution >= 4 is 37.3 Å². The summed E-state index contributed by atoms with van der Waals surface area (Å²) in [4.78, 5) is 0. The van der Waals surface area contributed by atoms with Crippen LogP contribution in [0.1, 0.15) is 27.2 Å². The number of hydrogen-bond donors (Lipinski definition) is 0. The average molecular weight is 340 g/mol. The molecule has 0 saturated carbocycles. The van der Waals surface area contributed by atoms with E-state index in [0.29, 0.717) is 23.2 Å². The highest BCUT2D eigenvalue weighted by Crippen LogP contribution is 2.28. The van der Waals surface area contributed by atoms with Crippen LogP contribution in [0.4, 0.5) is 0 Å². The van der Waals surface area contributed by atoms with Crippen molar-refractivity contribution in [2.24, 2.45) is 5.92 Å². The fourth-order valence-electron chi connectivity index (χ4n) is 1.44. The van der Waals surface area contributed by atoms with Crippen molar-refractivity contribution in [2.45, 2.75) is 31.4 Å². The second-order valence-corrected chi connectivity index (χ2v) is 8.66. The maximum absolute atomic E-state index is 12.3. The predicted octanol–water partition coefficient (Wildman–Crippen LogP) is 3.57. The first kappa shape index (κ1) is 15.1. The van der Waals surface area contributed by atoms with Gasteiger partial charge in [0.2, 0.25) is 0 Å². The molecule has 1 unspecified atom stereocenters. The summed E-state index contributed by atoms with van der Waals surface area (Å²) in [6.07, 6.45) is 0.986. The molecule has 0 aliphatic heterocycles. The number of halogens is 1. The minimum atomic E-state index is -3.31. The van der Waals surface area contributed by atoms with Crippen LogP contribution in [0.5, 0.6) is 0 Å². The molecule has 1 heterocycles. The number of thiophene rings is 1. The molecule has 6 heteroatoms. The summed E-state index contributed by atoms with van der Waals surface area (Å²) in [6, 6.07) is 3.43. The SMILES string of the molecule is CCC(C)CN(CC)S(=O)(=O)c1ccc(Br)s1. The Hall–Kier alpha value is 0.0900. The molecule has 0 bridgehead atoms. The average Bonchev–Trinajstić information content (AvgIpc) is 2.72. The molecule has 0 aromatic carbocycles. The van der Waals surface area contributed by atoms with Crippen molar-refractivity contribution in [1.29, 1.82) is 0 Å². The van der Waals surface area contributed by atoms with Crippen LogP contribution in [0.15, 0.2) is 20.1 Å². The number of rotatable bonds is 6. The summed E-state index contributed by atoms with van der Waals surface area (Å²) in [7, 11) is -3.31. The second-order valence-electron chi connectivity index (χ2n) is 4.03. The summed E-state index contributed by atoms with van der Waals surface area (Å²) in [6.45, 7) is 7.13. The minimum absolute atomic E-state index is 0.383. The second kappa shape index (κ2) is 6.31. The van der Waals surface area contributed by atoms with Crippen molar-refractivity contribution in [2.75, 3.05) is 13.1 Å².